The Morgan fingerprint density at radius 1 is 1.02 bits per heavy atom. The van der Waals surface area contributed by atoms with Gasteiger partial charge in [-0.05, 0) is 93.8 Å². The molecule has 14 heteroatoms. The maximum atomic E-state index is 13.4. The van der Waals surface area contributed by atoms with Crippen LogP contribution in [0.1, 0.15) is 99.9 Å². The highest BCUT2D eigenvalue weighted by atomic mass is 32.1. The van der Waals surface area contributed by atoms with Crippen LogP contribution in [0, 0.1) is 0 Å². The second-order valence-electron chi connectivity index (χ2n) is 16.5. The van der Waals surface area contributed by atoms with Gasteiger partial charge in [-0.3, -0.25) is 9.59 Å². The van der Waals surface area contributed by atoms with Gasteiger partial charge in [0.25, 0.3) is 0 Å². The van der Waals surface area contributed by atoms with E-state index in [1.165, 1.54) is 4.88 Å². The number of nitrogens with one attached hydrogen (secondary N) is 3. The fourth-order valence-electron chi connectivity index (χ4n) is 8.09. The van der Waals surface area contributed by atoms with E-state index in [4.69, 9.17) is 29.9 Å². The number of thiophene rings is 1. The molecule has 0 radical (unpaired) electrons. The Kier molecular flexibility index (Phi) is 13.5. The van der Waals surface area contributed by atoms with Crippen LogP contribution in [0.2, 0.25) is 0 Å². The number of aryl methyl sites for hydroxylation is 1. The first-order valence-corrected chi connectivity index (χ1v) is 21.8. The monoisotopic (exact) mass is 823 g/mol. The van der Waals surface area contributed by atoms with E-state index in [1.54, 1.807) is 32.1 Å². The first kappa shape index (κ1) is 42.1. The van der Waals surface area contributed by atoms with E-state index in [1.807, 2.05) is 36.4 Å². The minimum atomic E-state index is -0.998. The predicted molar refractivity (Wildman–Crippen MR) is 232 cm³/mol. The van der Waals surface area contributed by atoms with Crippen LogP contribution in [0.5, 0.6) is 0 Å². The topological polar surface area (TPSA) is 174 Å². The van der Waals surface area contributed by atoms with E-state index in [2.05, 4.69) is 45.6 Å². The first-order chi connectivity index (χ1) is 28.5. The number of benzene rings is 2. The van der Waals surface area contributed by atoms with Gasteiger partial charge < -0.3 is 40.5 Å². The summed E-state index contributed by atoms with van der Waals surface area (Å²) in [5.41, 5.74) is 12.8. The number of carbonyl (C=O) groups excluding carboxylic acids is 3. The zero-order chi connectivity index (χ0) is 41.5. The van der Waals surface area contributed by atoms with Crippen LogP contribution < -0.4 is 16.4 Å². The number of fused-ring (bicyclic) bond motifs is 6. The number of likely N-dealkylation sites (tertiary alicyclic amines) is 1. The van der Waals surface area contributed by atoms with Crippen LogP contribution in [0.3, 0.4) is 0 Å². The third kappa shape index (κ3) is 10.4. The molecular formula is C45H57N7O6S. The first-order valence-electron chi connectivity index (χ1n) is 21.0. The Morgan fingerprint density at radius 2 is 1.73 bits per heavy atom. The van der Waals surface area contributed by atoms with Crippen molar-refractivity contribution in [1.82, 2.24) is 30.5 Å². The van der Waals surface area contributed by atoms with Gasteiger partial charge in [-0.2, -0.15) is 0 Å². The van der Waals surface area contributed by atoms with E-state index in [0.717, 1.165) is 101 Å². The van der Waals surface area contributed by atoms with E-state index < -0.39 is 29.6 Å². The van der Waals surface area contributed by atoms with Crippen LogP contribution in [0.15, 0.2) is 54.6 Å². The number of ether oxygens (including phenoxy) is 3. The van der Waals surface area contributed by atoms with Crippen LogP contribution in [-0.4, -0.2) is 95.5 Å². The smallest absolute Gasteiger partial charge is 0.407 e. The van der Waals surface area contributed by atoms with E-state index in [0.29, 0.717) is 24.9 Å². The number of H-pyrrole nitrogens is 1. The lowest BCUT2D eigenvalue weighted by atomic mass is 9.95. The molecule has 314 valence electrons. The van der Waals surface area contributed by atoms with Crippen molar-refractivity contribution in [2.45, 2.75) is 96.1 Å². The maximum absolute atomic E-state index is 13.4. The molecule has 2 aliphatic rings. The predicted octanol–water partition coefficient (Wildman–Crippen LogP) is 7.44. The normalized spacial score (nSPS) is 15.3. The van der Waals surface area contributed by atoms with Crippen molar-refractivity contribution in [3.05, 3.63) is 76.4 Å². The van der Waals surface area contributed by atoms with Crippen molar-refractivity contribution < 1.29 is 28.6 Å². The summed E-state index contributed by atoms with van der Waals surface area (Å²) in [6, 6.07) is 17.4. The van der Waals surface area contributed by atoms with Gasteiger partial charge in [0.15, 0.2) is 5.82 Å². The number of carbonyl (C=O) groups is 3. The molecule has 5 aromatic rings. The third-order valence-corrected chi connectivity index (χ3v) is 12.4. The summed E-state index contributed by atoms with van der Waals surface area (Å²) in [6.07, 6.45) is 4.48. The molecule has 0 unspecified atom stereocenters. The van der Waals surface area contributed by atoms with Gasteiger partial charge in [-0.15, -0.1) is 11.3 Å². The standard InChI is InChI=1S/C45H57N7O6S/c1-5-6-15-37-50-39-40(51-37)42(46)48-35-26-36(59-41(35)39)28-18-21-52(22-19-28)23-25-56-24-20-47-43(54)34(16-17-38(53)58-45(2,3)4)49-44(55)57-27-33-31-13-9-7-11-29(31)30-12-8-10-14-32(30)33/h7-14,26,28,33-34H,5-6,15-25,27H2,1-4H3,(H2,46,48)(H,47,54)(H,49,55)(H,50,51)/t34-/m0/s1. The zero-order valence-electron chi connectivity index (χ0n) is 34.6. The van der Waals surface area contributed by atoms with Crippen molar-refractivity contribution in [3.63, 3.8) is 0 Å². The maximum Gasteiger partial charge on any atom is 0.407 e. The number of alkyl carbamates (subject to hydrolysis) is 1. The molecule has 5 N–H and O–H groups in total. The Hall–Kier alpha value is -5.05. The molecule has 1 aliphatic heterocycles. The van der Waals surface area contributed by atoms with Gasteiger partial charge in [0.2, 0.25) is 5.91 Å². The number of unbranched alkanes of at least 4 members (excludes halogenated alkanes) is 1. The lowest BCUT2D eigenvalue weighted by Gasteiger charge is -2.31. The molecule has 1 aliphatic carbocycles. The average Bonchev–Trinajstić information content (AvgIpc) is 3.93. The summed E-state index contributed by atoms with van der Waals surface area (Å²) in [7, 11) is 0. The number of hydrogen-bond acceptors (Lipinski definition) is 11. The Balaban J connectivity index is 0.851. The highest BCUT2D eigenvalue weighted by Crippen LogP contribution is 2.44. The second kappa shape index (κ2) is 18.9. The SMILES string of the molecule is CCCCc1nc2c(N)nc3cc(C4CCN(CCOCCNC(=O)[C@H](CCC(=O)OC(C)(C)C)NC(=O)OCC5c6ccccc6-c6ccccc65)CC4)sc3c2[nH]1. The Morgan fingerprint density at radius 3 is 2.42 bits per heavy atom. The lowest BCUT2D eigenvalue weighted by Crippen LogP contribution is -2.48. The zero-order valence-corrected chi connectivity index (χ0v) is 35.4. The molecule has 59 heavy (non-hydrogen) atoms. The molecule has 4 heterocycles. The second-order valence-corrected chi connectivity index (χ2v) is 17.6. The average molecular weight is 824 g/mol. The largest absolute Gasteiger partial charge is 0.460 e. The number of hydrogen-bond donors (Lipinski definition) is 4. The molecule has 2 aromatic carbocycles. The summed E-state index contributed by atoms with van der Waals surface area (Å²) in [5.74, 6) is 0.924. The number of amides is 2. The van der Waals surface area contributed by atoms with Crippen molar-refractivity contribution in [3.8, 4) is 11.1 Å². The fourth-order valence-corrected chi connectivity index (χ4v) is 9.36. The van der Waals surface area contributed by atoms with Crippen LogP contribution in [0.25, 0.3) is 32.4 Å². The minimum absolute atomic E-state index is 0.0469. The summed E-state index contributed by atoms with van der Waals surface area (Å²) in [6.45, 7) is 11.5. The Labute approximate surface area is 349 Å². The number of piperidine rings is 1. The third-order valence-electron chi connectivity index (χ3n) is 11.1. The number of imidazole rings is 1. The quantitative estimate of drug-likeness (QED) is 0.0545. The van der Waals surface area contributed by atoms with E-state index >= 15 is 0 Å². The fraction of sp³-hybridized carbons (Fsp3) is 0.489. The molecular weight excluding hydrogens is 767 g/mol. The molecule has 1 saturated heterocycles. The highest BCUT2D eigenvalue weighted by Gasteiger charge is 2.31. The van der Waals surface area contributed by atoms with Crippen molar-refractivity contribution in [2.75, 3.05) is 51.7 Å². The van der Waals surface area contributed by atoms with Gasteiger partial charge in [0.05, 0.1) is 28.9 Å². The van der Waals surface area contributed by atoms with Crippen molar-refractivity contribution >= 4 is 56.4 Å². The molecule has 0 saturated carbocycles. The number of aromatic amines is 1. The molecule has 2 amide bonds. The molecule has 0 bridgehead atoms. The summed E-state index contributed by atoms with van der Waals surface area (Å²) in [4.78, 5) is 55.8. The lowest BCUT2D eigenvalue weighted by molar-refractivity contribution is -0.155. The number of pyridine rings is 1. The van der Waals surface area contributed by atoms with E-state index in [-0.39, 0.29) is 31.9 Å². The number of nitrogen functional groups attached to an aromatic ring is 1. The number of rotatable bonds is 17. The summed E-state index contributed by atoms with van der Waals surface area (Å²) >= 11 is 1.80. The number of nitrogens with two attached hydrogens (primary N) is 1. The van der Waals surface area contributed by atoms with Gasteiger partial charge in [0.1, 0.15) is 29.6 Å². The number of nitrogens with zero attached hydrogens (tertiary/aromatic N) is 3. The molecule has 13 nitrogen and oxygen atoms in total. The number of anilines is 1. The molecule has 0 spiro atoms. The number of aromatic nitrogens is 3. The van der Waals surface area contributed by atoms with Crippen LogP contribution in [-0.2, 0) is 30.2 Å². The minimum Gasteiger partial charge on any atom is -0.460 e. The van der Waals surface area contributed by atoms with Crippen LogP contribution >= 0.6 is 11.3 Å². The molecule has 7 rings (SSSR count). The van der Waals surface area contributed by atoms with E-state index in [9.17, 15) is 14.4 Å². The van der Waals surface area contributed by atoms with Crippen molar-refractivity contribution in [1.29, 1.82) is 0 Å². The summed E-state index contributed by atoms with van der Waals surface area (Å²) < 4.78 is 18.2. The molecule has 3 aromatic heterocycles. The van der Waals surface area contributed by atoms with Gasteiger partial charge in [-0.1, -0.05) is 61.9 Å². The van der Waals surface area contributed by atoms with Gasteiger partial charge in [0, 0.05) is 36.7 Å². The number of esters is 1. The highest BCUT2D eigenvalue weighted by molar-refractivity contribution is 7.20. The van der Waals surface area contributed by atoms with Crippen LogP contribution in [0.4, 0.5) is 10.6 Å². The van der Waals surface area contributed by atoms with Crippen molar-refractivity contribution in [2.24, 2.45) is 0 Å². The van der Waals surface area contributed by atoms with Gasteiger partial charge in [-0.25, -0.2) is 14.8 Å². The Bertz CT molecular complexity index is 2210. The summed E-state index contributed by atoms with van der Waals surface area (Å²) in [5, 5.41) is 5.56. The molecule has 1 atom stereocenters. The van der Waals surface area contributed by atoms with Gasteiger partial charge >= 0.3 is 12.1 Å². The molecule has 1 fully saturated rings.